The average molecular weight is 295 g/mol. The molecule has 0 aliphatic rings. The van der Waals surface area contributed by atoms with Crippen molar-refractivity contribution >= 4 is 22.6 Å². The van der Waals surface area contributed by atoms with Crippen molar-refractivity contribution in [1.29, 1.82) is 0 Å². The molecule has 0 aliphatic heterocycles. The Hall–Kier alpha value is -2.82. The number of carbonyl (C=O) groups excluding carboxylic acids is 1. The van der Waals surface area contributed by atoms with Gasteiger partial charge in [0.05, 0.1) is 30.4 Å². The van der Waals surface area contributed by atoms with Gasteiger partial charge in [0, 0.05) is 11.1 Å². The molecule has 1 aromatic heterocycles. The predicted molar refractivity (Wildman–Crippen MR) is 85.6 cm³/mol. The minimum Gasteiger partial charge on any atom is -0.462 e. The molecule has 0 unspecified atom stereocenters. The van der Waals surface area contributed by atoms with Gasteiger partial charge in [-0.1, -0.05) is 12.1 Å². The molecular weight excluding hydrogens is 278 g/mol. The summed E-state index contributed by atoms with van der Waals surface area (Å²) < 4.78 is 6.87. The number of nitrogens with two attached hydrogens (primary N) is 1. The Morgan fingerprint density at radius 2 is 2.00 bits per heavy atom. The first-order chi connectivity index (χ1) is 10.7. The Kier molecular flexibility index (Phi) is 3.78. The Morgan fingerprint density at radius 3 is 2.73 bits per heavy atom. The van der Waals surface area contributed by atoms with Gasteiger partial charge < -0.3 is 10.5 Å². The van der Waals surface area contributed by atoms with E-state index in [2.05, 4.69) is 5.10 Å². The molecule has 0 fully saturated rings. The van der Waals surface area contributed by atoms with Crippen LogP contribution in [0.1, 0.15) is 22.8 Å². The Labute approximate surface area is 128 Å². The third kappa shape index (κ3) is 2.79. The molecule has 2 aromatic carbocycles. The Morgan fingerprint density at radius 1 is 1.23 bits per heavy atom. The van der Waals surface area contributed by atoms with Gasteiger partial charge in [0.15, 0.2) is 0 Å². The summed E-state index contributed by atoms with van der Waals surface area (Å²) in [5.41, 5.74) is 9.16. The minimum atomic E-state index is -0.300. The second-order valence-corrected chi connectivity index (χ2v) is 5.04. The van der Waals surface area contributed by atoms with Crippen LogP contribution in [0.5, 0.6) is 0 Å². The summed E-state index contributed by atoms with van der Waals surface area (Å²) in [6, 6.07) is 13.1. The lowest BCUT2D eigenvalue weighted by atomic mass is 10.1. The zero-order valence-electron chi connectivity index (χ0n) is 12.3. The van der Waals surface area contributed by atoms with Crippen LogP contribution in [-0.2, 0) is 11.3 Å². The van der Waals surface area contributed by atoms with E-state index in [9.17, 15) is 4.79 Å². The number of nitrogen functional groups attached to an aromatic ring is 1. The molecule has 112 valence electrons. The van der Waals surface area contributed by atoms with E-state index in [4.69, 9.17) is 10.5 Å². The monoisotopic (exact) mass is 295 g/mol. The predicted octanol–water partition coefficient (Wildman–Crippen LogP) is 2.84. The van der Waals surface area contributed by atoms with Gasteiger partial charge in [0.25, 0.3) is 0 Å². The molecule has 0 saturated carbocycles. The SMILES string of the molecule is CCOC(=O)c1ccc(Cn2ncc3ccc(N)cc32)cc1. The van der Waals surface area contributed by atoms with Gasteiger partial charge in [0.2, 0.25) is 0 Å². The van der Waals surface area contributed by atoms with E-state index < -0.39 is 0 Å². The smallest absolute Gasteiger partial charge is 0.338 e. The van der Waals surface area contributed by atoms with E-state index >= 15 is 0 Å². The summed E-state index contributed by atoms with van der Waals surface area (Å²) in [4.78, 5) is 11.6. The fourth-order valence-electron chi connectivity index (χ4n) is 2.35. The molecule has 3 rings (SSSR count). The zero-order valence-corrected chi connectivity index (χ0v) is 12.3. The summed E-state index contributed by atoms with van der Waals surface area (Å²) >= 11 is 0. The number of rotatable bonds is 4. The maximum atomic E-state index is 11.6. The first-order valence-electron chi connectivity index (χ1n) is 7.14. The molecule has 0 spiro atoms. The number of fused-ring (bicyclic) bond motifs is 1. The van der Waals surface area contributed by atoms with Gasteiger partial charge in [-0.25, -0.2) is 4.79 Å². The highest BCUT2D eigenvalue weighted by Crippen LogP contribution is 2.18. The van der Waals surface area contributed by atoms with Crippen LogP contribution >= 0.6 is 0 Å². The number of anilines is 1. The first kappa shape index (κ1) is 14.1. The van der Waals surface area contributed by atoms with Gasteiger partial charge >= 0.3 is 5.97 Å². The molecule has 0 atom stereocenters. The van der Waals surface area contributed by atoms with E-state index in [1.807, 2.05) is 41.2 Å². The molecule has 0 saturated heterocycles. The molecule has 5 heteroatoms. The van der Waals surface area contributed by atoms with Crippen molar-refractivity contribution in [3.63, 3.8) is 0 Å². The van der Waals surface area contributed by atoms with Gasteiger partial charge in [-0.2, -0.15) is 5.10 Å². The van der Waals surface area contributed by atoms with Crippen LogP contribution < -0.4 is 5.73 Å². The molecule has 2 N–H and O–H groups in total. The fourth-order valence-corrected chi connectivity index (χ4v) is 2.35. The van der Waals surface area contributed by atoms with Crippen molar-refractivity contribution in [3.05, 3.63) is 59.8 Å². The number of benzene rings is 2. The molecule has 0 bridgehead atoms. The second kappa shape index (κ2) is 5.89. The standard InChI is InChI=1S/C17H17N3O2/c1-2-22-17(21)13-5-3-12(4-6-13)11-20-16-9-15(18)8-7-14(16)10-19-20/h3-10H,2,11,18H2,1H3. The second-order valence-electron chi connectivity index (χ2n) is 5.04. The highest BCUT2D eigenvalue weighted by Gasteiger charge is 2.07. The summed E-state index contributed by atoms with van der Waals surface area (Å²) in [7, 11) is 0. The zero-order chi connectivity index (χ0) is 15.5. The lowest BCUT2D eigenvalue weighted by Crippen LogP contribution is -2.05. The first-order valence-corrected chi connectivity index (χ1v) is 7.14. The summed E-state index contributed by atoms with van der Waals surface area (Å²) in [6.45, 7) is 2.79. The quantitative estimate of drug-likeness (QED) is 0.593. The van der Waals surface area contributed by atoms with Crippen molar-refractivity contribution < 1.29 is 9.53 Å². The van der Waals surface area contributed by atoms with Crippen LogP contribution in [0.3, 0.4) is 0 Å². The molecule has 0 aliphatic carbocycles. The normalized spacial score (nSPS) is 10.8. The topological polar surface area (TPSA) is 70.1 Å². The highest BCUT2D eigenvalue weighted by atomic mass is 16.5. The van der Waals surface area contributed by atoms with E-state index in [-0.39, 0.29) is 5.97 Å². The number of carbonyl (C=O) groups is 1. The van der Waals surface area contributed by atoms with Gasteiger partial charge in [-0.3, -0.25) is 4.68 Å². The van der Waals surface area contributed by atoms with Crippen molar-refractivity contribution in [2.75, 3.05) is 12.3 Å². The molecule has 0 amide bonds. The molecule has 5 nitrogen and oxygen atoms in total. The van der Waals surface area contributed by atoms with Crippen LogP contribution in [0, 0.1) is 0 Å². The minimum absolute atomic E-state index is 0.300. The Bertz CT molecular complexity index is 806. The van der Waals surface area contributed by atoms with Crippen molar-refractivity contribution in [2.24, 2.45) is 0 Å². The maximum Gasteiger partial charge on any atom is 0.338 e. The third-order valence-corrected chi connectivity index (χ3v) is 3.47. The molecular formula is C17H17N3O2. The third-order valence-electron chi connectivity index (χ3n) is 3.47. The molecule has 3 aromatic rings. The summed E-state index contributed by atoms with van der Waals surface area (Å²) in [5.74, 6) is -0.300. The van der Waals surface area contributed by atoms with Gasteiger partial charge in [-0.05, 0) is 42.8 Å². The Balaban J connectivity index is 1.83. The average Bonchev–Trinajstić information content (AvgIpc) is 2.90. The van der Waals surface area contributed by atoms with Crippen molar-refractivity contribution in [2.45, 2.75) is 13.5 Å². The van der Waals surface area contributed by atoms with Crippen LogP contribution in [0.4, 0.5) is 5.69 Å². The van der Waals surface area contributed by atoms with Gasteiger partial charge in [-0.15, -0.1) is 0 Å². The van der Waals surface area contributed by atoms with Crippen LogP contribution in [0.2, 0.25) is 0 Å². The van der Waals surface area contributed by atoms with Gasteiger partial charge in [0.1, 0.15) is 0 Å². The fraction of sp³-hybridized carbons (Fsp3) is 0.176. The van der Waals surface area contributed by atoms with E-state index in [0.29, 0.717) is 24.4 Å². The van der Waals surface area contributed by atoms with Crippen molar-refractivity contribution in [3.8, 4) is 0 Å². The number of hydrogen-bond donors (Lipinski definition) is 1. The van der Waals surface area contributed by atoms with Crippen LogP contribution in [0.25, 0.3) is 10.9 Å². The maximum absolute atomic E-state index is 11.6. The molecule has 22 heavy (non-hydrogen) atoms. The largest absolute Gasteiger partial charge is 0.462 e. The summed E-state index contributed by atoms with van der Waals surface area (Å²) in [6.07, 6.45) is 1.82. The molecule has 1 heterocycles. The molecule has 0 radical (unpaired) electrons. The lowest BCUT2D eigenvalue weighted by Gasteiger charge is -2.06. The lowest BCUT2D eigenvalue weighted by molar-refractivity contribution is 0.0526. The van der Waals surface area contributed by atoms with Crippen LogP contribution in [0.15, 0.2) is 48.7 Å². The number of aromatic nitrogens is 2. The number of hydrogen-bond acceptors (Lipinski definition) is 4. The number of nitrogens with zero attached hydrogens (tertiary/aromatic N) is 2. The van der Waals surface area contributed by atoms with E-state index in [1.165, 1.54) is 0 Å². The number of esters is 1. The summed E-state index contributed by atoms with van der Waals surface area (Å²) in [5, 5.41) is 5.44. The highest BCUT2D eigenvalue weighted by molar-refractivity contribution is 5.89. The van der Waals surface area contributed by atoms with Crippen LogP contribution in [-0.4, -0.2) is 22.4 Å². The van der Waals surface area contributed by atoms with E-state index in [0.717, 1.165) is 16.5 Å². The number of ether oxygens (including phenoxy) is 1. The van der Waals surface area contributed by atoms with E-state index in [1.54, 1.807) is 19.1 Å². The van der Waals surface area contributed by atoms with Crippen molar-refractivity contribution in [1.82, 2.24) is 9.78 Å².